The zero-order chi connectivity index (χ0) is 17.5. The molecule has 24 heavy (non-hydrogen) atoms. The van der Waals surface area contributed by atoms with Crippen LogP contribution in [0.4, 0.5) is 10.5 Å². The number of anilines is 1. The van der Waals surface area contributed by atoms with Gasteiger partial charge in [-0.1, -0.05) is 6.07 Å². The van der Waals surface area contributed by atoms with Gasteiger partial charge in [0.25, 0.3) is 0 Å². The predicted molar refractivity (Wildman–Crippen MR) is 91.7 cm³/mol. The van der Waals surface area contributed by atoms with Gasteiger partial charge in [-0.05, 0) is 56.9 Å². The van der Waals surface area contributed by atoms with Crippen LogP contribution >= 0.6 is 0 Å². The minimum Gasteiger partial charge on any atom is -0.444 e. The fourth-order valence-electron chi connectivity index (χ4n) is 3.15. The van der Waals surface area contributed by atoms with E-state index >= 15 is 0 Å². The topological polar surface area (TPSA) is 75.9 Å². The van der Waals surface area contributed by atoms with Crippen LogP contribution < -0.4 is 10.6 Å². The Morgan fingerprint density at radius 2 is 2.00 bits per heavy atom. The quantitative estimate of drug-likeness (QED) is 0.854. The van der Waals surface area contributed by atoms with Gasteiger partial charge in [-0.2, -0.15) is 0 Å². The van der Waals surface area contributed by atoms with E-state index in [4.69, 9.17) is 10.5 Å². The maximum Gasteiger partial charge on any atom is 0.410 e. The third-order valence-electron chi connectivity index (χ3n) is 4.41. The third kappa shape index (κ3) is 3.38. The van der Waals surface area contributed by atoms with Crippen molar-refractivity contribution in [2.24, 2.45) is 5.73 Å². The van der Waals surface area contributed by atoms with Gasteiger partial charge < -0.3 is 20.3 Å². The van der Waals surface area contributed by atoms with Gasteiger partial charge in [-0.15, -0.1) is 0 Å². The Labute approximate surface area is 142 Å². The van der Waals surface area contributed by atoms with Crippen molar-refractivity contribution in [1.29, 1.82) is 0 Å². The van der Waals surface area contributed by atoms with E-state index < -0.39 is 5.60 Å². The normalized spacial score (nSPS) is 21.0. The van der Waals surface area contributed by atoms with E-state index in [1.165, 1.54) is 5.56 Å². The number of carbonyl (C=O) groups excluding carboxylic acids is 2. The van der Waals surface area contributed by atoms with Crippen LogP contribution in [0, 0.1) is 0 Å². The van der Waals surface area contributed by atoms with Gasteiger partial charge in [-0.3, -0.25) is 4.79 Å². The molecule has 130 valence electrons. The molecule has 0 bridgehead atoms. The van der Waals surface area contributed by atoms with Crippen molar-refractivity contribution in [3.63, 3.8) is 0 Å². The molecule has 2 aliphatic heterocycles. The number of ether oxygens (including phenoxy) is 1. The van der Waals surface area contributed by atoms with Crippen molar-refractivity contribution < 1.29 is 14.3 Å². The van der Waals surface area contributed by atoms with Crippen LogP contribution in [0.15, 0.2) is 18.2 Å². The highest BCUT2D eigenvalue weighted by Crippen LogP contribution is 2.28. The second kappa shape index (κ2) is 6.09. The zero-order valence-corrected chi connectivity index (χ0v) is 14.5. The molecule has 0 saturated carbocycles. The first-order valence-electron chi connectivity index (χ1n) is 8.41. The Hall–Kier alpha value is -2.08. The summed E-state index contributed by atoms with van der Waals surface area (Å²) >= 11 is 0. The van der Waals surface area contributed by atoms with Gasteiger partial charge in [0.05, 0.1) is 6.04 Å². The largest absolute Gasteiger partial charge is 0.444 e. The number of carbonyl (C=O) groups is 2. The van der Waals surface area contributed by atoms with Crippen molar-refractivity contribution in [2.75, 3.05) is 18.0 Å². The van der Waals surface area contributed by atoms with Gasteiger partial charge in [0.15, 0.2) is 0 Å². The number of rotatable bonds is 1. The van der Waals surface area contributed by atoms with Crippen molar-refractivity contribution in [3.05, 3.63) is 29.3 Å². The molecule has 0 radical (unpaired) electrons. The van der Waals surface area contributed by atoms with Gasteiger partial charge in [0.1, 0.15) is 5.60 Å². The average molecular weight is 331 g/mol. The first kappa shape index (κ1) is 16.8. The van der Waals surface area contributed by atoms with E-state index in [0.29, 0.717) is 26.1 Å². The summed E-state index contributed by atoms with van der Waals surface area (Å²) in [6, 6.07) is 5.60. The number of amides is 2. The van der Waals surface area contributed by atoms with Crippen LogP contribution in [0.1, 0.15) is 38.3 Å². The highest BCUT2D eigenvalue weighted by Gasteiger charge is 2.31. The van der Waals surface area contributed by atoms with E-state index in [0.717, 1.165) is 17.7 Å². The second-order valence-corrected chi connectivity index (χ2v) is 7.49. The molecule has 6 nitrogen and oxygen atoms in total. The number of benzene rings is 1. The van der Waals surface area contributed by atoms with E-state index in [1.54, 1.807) is 9.80 Å². The van der Waals surface area contributed by atoms with Gasteiger partial charge >= 0.3 is 6.09 Å². The second-order valence-electron chi connectivity index (χ2n) is 7.49. The number of hydrogen-bond donors (Lipinski definition) is 1. The Kier molecular flexibility index (Phi) is 4.25. The smallest absolute Gasteiger partial charge is 0.410 e. The highest BCUT2D eigenvalue weighted by molar-refractivity contribution is 5.99. The number of nitrogens with two attached hydrogens (primary N) is 1. The molecular formula is C18H25N3O3. The van der Waals surface area contributed by atoms with E-state index in [-0.39, 0.29) is 18.0 Å². The highest BCUT2D eigenvalue weighted by atomic mass is 16.6. The molecule has 0 aromatic heterocycles. The van der Waals surface area contributed by atoms with E-state index in [1.807, 2.05) is 32.9 Å². The SMILES string of the molecule is CC(C)(C)OC(=O)N1CCc2cc(N3CC[C@@H](N)C3=O)ccc2C1. The lowest BCUT2D eigenvalue weighted by atomic mass is 9.99. The molecule has 1 aromatic rings. The number of hydrogen-bond acceptors (Lipinski definition) is 4. The van der Waals surface area contributed by atoms with Gasteiger partial charge in [0, 0.05) is 25.3 Å². The summed E-state index contributed by atoms with van der Waals surface area (Å²) in [5, 5.41) is 0. The molecule has 2 N–H and O–H groups in total. The lowest BCUT2D eigenvalue weighted by molar-refractivity contribution is -0.118. The zero-order valence-electron chi connectivity index (χ0n) is 14.5. The van der Waals surface area contributed by atoms with E-state index in [9.17, 15) is 9.59 Å². The Morgan fingerprint density at radius 1 is 1.25 bits per heavy atom. The standard InChI is InChI=1S/C18H25N3O3/c1-18(2,3)24-17(23)20-8-6-12-10-14(5-4-13(12)11-20)21-9-7-15(19)16(21)22/h4-5,10,15H,6-9,11,19H2,1-3H3/t15-/m1/s1. The van der Waals surface area contributed by atoms with Crippen molar-refractivity contribution in [3.8, 4) is 0 Å². The Bertz CT molecular complexity index is 666. The molecule has 2 heterocycles. The molecule has 1 aromatic carbocycles. The van der Waals surface area contributed by atoms with Crippen LogP contribution in [-0.2, 0) is 22.5 Å². The maximum atomic E-state index is 12.2. The molecule has 3 rings (SSSR count). The van der Waals surface area contributed by atoms with Crippen molar-refractivity contribution >= 4 is 17.7 Å². The lowest BCUT2D eigenvalue weighted by Crippen LogP contribution is -2.40. The number of nitrogens with zero attached hydrogens (tertiary/aromatic N) is 2. The molecular weight excluding hydrogens is 306 g/mol. The monoisotopic (exact) mass is 331 g/mol. The molecule has 0 unspecified atom stereocenters. The fourth-order valence-corrected chi connectivity index (χ4v) is 3.15. The summed E-state index contributed by atoms with van der Waals surface area (Å²) in [6.45, 7) is 7.44. The van der Waals surface area contributed by atoms with Crippen LogP contribution in [0.2, 0.25) is 0 Å². The van der Waals surface area contributed by atoms with Crippen molar-refractivity contribution in [2.45, 2.75) is 51.8 Å². The maximum absolute atomic E-state index is 12.2. The Balaban J connectivity index is 1.73. The molecule has 6 heteroatoms. The average Bonchev–Trinajstić information content (AvgIpc) is 2.84. The van der Waals surface area contributed by atoms with Crippen LogP contribution in [0.25, 0.3) is 0 Å². The van der Waals surface area contributed by atoms with Crippen molar-refractivity contribution in [1.82, 2.24) is 4.90 Å². The summed E-state index contributed by atoms with van der Waals surface area (Å²) in [4.78, 5) is 27.8. The van der Waals surface area contributed by atoms with Crippen LogP contribution in [0.5, 0.6) is 0 Å². The minimum absolute atomic E-state index is 0.0128. The molecule has 1 atom stereocenters. The molecule has 1 fully saturated rings. The first-order chi connectivity index (χ1) is 11.2. The molecule has 0 spiro atoms. The lowest BCUT2D eigenvalue weighted by Gasteiger charge is -2.31. The summed E-state index contributed by atoms with van der Waals surface area (Å²) in [5.74, 6) is -0.0128. The number of fused-ring (bicyclic) bond motifs is 1. The minimum atomic E-state index is -0.490. The molecule has 0 aliphatic carbocycles. The van der Waals surface area contributed by atoms with Crippen LogP contribution in [0.3, 0.4) is 0 Å². The molecule has 2 amide bonds. The van der Waals surface area contributed by atoms with Gasteiger partial charge in [-0.25, -0.2) is 4.79 Å². The molecule has 2 aliphatic rings. The summed E-state index contributed by atoms with van der Waals surface area (Å²) in [6.07, 6.45) is 1.18. The fraction of sp³-hybridized carbons (Fsp3) is 0.556. The summed E-state index contributed by atoms with van der Waals surface area (Å²) in [7, 11) is 0. The van der Waals surface area contributed by atoms with Gasteiger partial charge in [0.2, 0.25) is 5.91 Å². The Morgan fingerprint density at radius 3 is 2.62 bits per heavy atom. The predicted octanol–water partition coefficient (Wildman–Crippen LogP) is 2.04. The first-order valence-corrected chi connectivity index (χ1v) is 8.41. The molecule has 1 saturated heterocycles. The summed E-state index contributed by atoms with van der Waals surface area (Å²) < 4.78 is 5.44. The third-order valence-corrected chi connectivity index (χ3v) is 4.41. The summed E-state index contributed by atoms with van der Waals surface area (Å²) in [5.41, 5.74) is 8.49. The van der Waals surface area contributed by atoms with E-state index in [2.05, 4.69) is 6.07 Å². The van der Waals surface area contributed by atoms with Crippen LogP contribution in [-0.4, -0.2) is 41.6 Å².